The first-order chi connectivity index (χ1) is 8.35. The van der Waals surface area contributed by atoms with Gasteiger partial charge in [-0.15, -0.1) is 0 Å². The molecule has 1 aliphatic carbocycles. The Morgan fingerprint density at radius 3 is 2.61 bits per heavy atom. The van der Waals surface area contributed by atoms with Gasteiger partial charge in [-0.3, -0.25) is 9.69 Å². The van der Waals surface area contributed by atoms with E-state index in [0.717, 1.165) is 0 Å². The summed E-state index contributed by atoms with van der Waals surface area (Å²) in [5.74, 6) is -0.339. The highest BCUT2D eigenvalue weighted by Crippen LogP contribution is 2.25. The molecule has 1 saturated carbocycles. The van der Waals surface area contributed by atoms with E-state index in [1.807, 2.05) is 0 Å². The number of carbonyl (C=O) groups excluding carboxylic acids is 1. The zero-order chi connectivity index (χ0) is 13.3. The molecule has 0 radical (unpaired) electrons. The molecule has 104 valence electrons. The summed E-state index contributed by atoms with van der Waals surface area (Å²) < 4.78 is 37.0. The van der Waals surface area contributed by atoms with E-state index in [2.05, 4.69) is 5.32 Å². The van der Waals surface area contributed by atoms with E-state index in [1.165, 1.54) is 4.90 Å². The predicted molar refractivity (Wildman–Crippen MR) is 57.8 cm³/mol. The Morgan fingerprint density at radius 2 is 2.06 bits per heavy atom. The van der Waals surface area contributed by atoms with Crippen LogP contribution in [-0.4, -0.2) is 53.4 Å². The number of hydrogen-bond acceptors (Lipinski definition) is 3. The maximum atomic E-state index is 12.3. The average Bonchev–Trinajstić information content (AvgIpc) is 2.60. The third kappa shape index (κ3) is 3.35. The molecule has 2 rings (SSSR count). The van der Waals surface area contributed by atoms with Crippen molar-refractivity contribution in [2.24, 2.45) is 0 Å². The number of aliphatic hydroxyl groups excluding tert-OH is 1. The highest BCUT2D eigenvalue weighted by Gasteiger charge is 2.40. The van der Waals surface area contributed by atoms with Crippen LogP contribution in [0.15, 0.2) is 0 Å². The maximum Gasteiger partial charge on any atom is 0.401 e. The van der Waals surface area contributed by atoms with E-state index < -0.39 is 18.8 Å². The van der Waals surface area contributed by atoms with Gasteiger partial charge in [-0.25, -0.2) is 0 Å². The molecule has 1 saturated heterocycles. The van der Waals surface area contributed by atoms with E-state index in [-0.39, 0.29) is 18.1 Å². The SMILES string of the molecule is O=C(NC1CC(O)C1)C1CCCN1CC(F)(F)F. The number of rotatable bonds is 3. The summed E-state index contributed by atoms with van der Waals surface area (Å²) in [7, 11) is 0. The third-order valence-electron chi connectivity index (χ3n) is 3.51. The fourth-order valence-electron chi connectivity index (χ4n) is 2.55. The normalized spacial score (nSPS) is 33.2. The van der Waals surface area contributed by atoms with Crippen LogP contribution in [0.1, 0.15) is 25.7 Å². The summed E-state index contributed by atoms with van der Waals surface area (Å²) in [5, 5.41) is 11.8. The molecule has 18 heavy (non-hydrogen) atoms. The zero-order valence-electron chi connectivity index (χ0n) is 9.91. The van der Waals surface area contributed by atoms with Crippen molar-refractivity contribution >= 4 is 5.91 Å². The lowest BCUT2D eigenvalue weighted by Gasteiger charge is -2.34. The van der Waals surface area contributed by atoms with Gasteiger partial charge in [-0.1, -0.05) is 0 Å². The summed E-state index contributed by atoms with van der Waals surface area (Å²) in [6, 6.07) is -0.759. The molecule has 1 heterocycles. The average molecular weight is 266 g/mol. The predicted octanol–water partition coefficient (Wildman–Crippen LogP) is 0.653. The summed E-state index contributed by atoms with van der Waals surface area (Å²) in [4.78, 5) is 13.0. The third-order valence-corrected chi connectivity index (χ3v) is 3.51. The van der Waals surface area contributed by atoms with Crippen molar-refractivity contribution in [3.63, 3.8) is 0 Å². The number of nitrogens with zero attached hydrogens (tertiary/aromatic N) is 1. The summed E-state index contributed by atoms with van der Waals surface area (Å²) in [5.41, 5.74) is 0. The Bertz CT molecular complexity index is 316. The molecule has 1 amide bonds. The lowest BCUT2D eigenvalue weighted by Crippen LogP contribution is -2.53. The fraction of sp³-hybridized carbons (Fsp3) is 0.909. The highest BCUT2D eigenvalue weighted by molar-refractivity contribution is 5.82. The number of halogens is 3. The van der Waals surface area contributed by atoms with Crippen molar-refractivity contribution in [2.75, 3.05) is 13.1 Å². The largest absolute Gasteiger partial charge is 0.401 e. The first kappa shape index (κ1) is 13.6. The minimum Gasteiger partial charge on any atom is -0.393 e. The first-order valence-corrected chi connectivity index (χ1v) is 6.14. The van der Waals surface area contributed by atoms with E-state index in [4.69, 9.17) is 5.11 Å². The Labute approximate surface area is 103 Å². The van der Waals surface area contributed by atoms with Gasteiger partial charge in [0.2, 0.25) is 5.91 Å². The van der Waals surface area contributed by atoms with Gasteiger partial charge in [0.1, 0.15) is 0 Å². The van der Waals surface area contributed by atoms with Gasteiger partial charge in [-0.05, 0) is 32.2 Å². The molecular weight excluding hydrogens is 249 g/mol. The summed E-state index contributed by atoms with van der Waals surface area (Å²) in [6.45, 7) is -0.719. The van der Waals surface area contributed by atoms with Crippen LogP contribution in [0.4, 0.5) is 13.2 Å². The monoisotopic (exact) mass is 266 g/mol. The quantitative estimate of drug-likeness (QED) is 0.788. The van der Waals surface area contributed by atoms with E-state index in [0.29, 0.717) is 32.2 Å². The molecule has 4 nitrogen and oxygen atoms in total. The van der Waals surface area contributed by atoms with Crippen molar-refractivity contribution < 1.29 is 23.1 Å². The molecule has 0 aromatic rings. The number of likely N-dealkylation sites (tertiary alicyclic amines) is 1. The number of alkyl halides is 3. The number of aliphatic hydroxyl groups is 1. The fourth-order valence-corrected chi connectivity index (χ4v) is 2.55. The topological polar surface area (TPSA) is 52.6 Å². The van der Waals surface area contributed by atoms with Crippen LogP contribution in [0, 0.1) is 0 Å². The van der Waals surface area contributed by atoms with Crippen molar-refractivity contribution in [3.05, 3.63) is 0 Å². The molecule has 7 heteroatoms. The Morgan fingerprint density at radius 1 is 1.39 bits per heavy atom. The molecule has 0 spiro atoms. The molecule has 2 aliphatic rings. The molecule has 0 aromatic heterocycles. The minimum absolute atomic E-state index is 0.0826. The van der Waals surface area contributed by atoms with Crippen LogP contribution in [0.2, 0.25) is 0 Å². The lowest BCUT2D eigenvalue weighted by molar-refractivity contribution is -0.152. The van der Waals surface area contributed by atoms with Crippen molar-refractivity contribution in [3.8, 4) is 0 Å². The Balaban J connectivity index is 1.84. The van der Waals surface area contributed by atoms with E-state index in [1.54, 1.807) is 0 Å². The first-order valence-electron chi connectivity index (χ1n) is 6.14. The Hall–Kier alpha value is -0.820. The van der Waals surface area contributed by atoms with Crippen LogP contribution in [0.5, 0.6) is 0 Å². The van der Waals surface area contributed by atoms with Crippen LogP contribution in [-0.2, 0) is 4.79 Å². The molecule has 2 fully saturated rings. The van der Waals surface area contributed by atoms with Gasteiger partial charge in [-0.2, -0.15) is 13.2 Å². The van der Waals surface area contributed by atoms with Gasteiger partial charge in [0.25, 0.3) is 0 Å². The van der Waals surface area contributed by atoms with Crippen molar-refractivity contribution in [2.45, 2.75) is 50.0 Å². The minimum atomic E-state index is -4.27. The smallest absolute Gasteiger partial charge is 0.393 e. The van der Waals surface area contributed by atoms with Crippen molar-refractivity contribution in [1.82, 2.24) is 10.2 Å². The lowest BCUT2D eigenvalue weighted by atomic mass is 9.89. The number of nitrogens with one attached hydrogen (secondary N) is 1. The van der Waals surface area contributed by atoms with E-state index in [9.17, 15) is 18.0 Å². The van der Waals surface area contributed by atoms with Gasteiger partial charge in [0.15, 0.2) is 0 Å². The van der Waals surface area contributed by atoms with Gasteiger partial charge < -0.3 is 10.4 Å². The molecule has 1 atom stereocenters. The van der Waals surface area contributed by atoms with Crippen LogP contribution in [0.3, 0.4) is 0 Å². The molecule has 0 aromatic carbocycles. The zero-order valence-corrected chi connectivity index (χ0v) is 9.91. The molecule has 0 bridgehead atoms. The Kier molecular flexibility index (Phi) is 3.82. The van der Waals surface area contributed by atoms with Gasteiger partial charge in [0.05, 0.1) is 18.7 Å². The van der Waals surface area contributed by atoms with Gasteiger partial charge in [0, 0.05) is 6.04 Å². The second-order valence-corrected chi connectivity index (χ2v) is 5.07. The second-order valence-electron chi connectivity index (χ2n) is 5.07. The van der Waals surface area contributed by atoms with E-state index >= 15 is 0 Å². The molecule has 1 aliphatic heterocycles. The number of hydrogen-bond donors (Lipinski definition) is 2. The number of carbonyl (C=O) groups is 1. The van der Waals surface area contributed by atoms with Crippen LogP contribution in [0.25, 0.3) is 0 Å². The molecule has 1 unspecified atom stereocenters. The van der Waals surface area contributed by atoms with Gasteiger partial charge >= 0.3 is 6.18 Å². The second kappa shape index (κ2) is 5.05. The number of amides is 1. The maximum absolute atomic E-state index is 12.3. The van der Waals surface area contributed by atoms with Crippen LogP contribution < -0.4 is 5.32 Å². The standard InChI is InChI=1S/C11H17F3N2O2/c12-11(13,14)6-16-3-1-2-9(16)10(18)15-7-4-8(17)5-7/h7-9,17H,1-6H2,(H,15,18). The molecular formula is C11H17F3N2O2. The van der Waals surface area contributed by atoms with Crippen molar-refractivity contribution in [1.29, 1.82) is 0 Å². The summed E-state index contributed by atoms with van der Waals surface area (Å²) in [6.07, 6.45) is -2.57. The highest BCUT2D eigenvalue weighted by atomic mass is 19.4. The summed E-state index contributed by atoms with van der Waals surface area (Å²) >= 11 is 0. The van der Waals surface area contributed by atoms with Crippen LogP contribution >= 0.6 is 0 Å². The molecule has 2 N–H and O–H groups in total.